The van der Waals surface area contributed by atoms with Crippen molar-refractivity contribution < 1.29 is 13.2 Å². The molecule has 2 fully saturated rings. The Morgan fingerprint density at radius 3 is 2.48 bits per heavy atom. The average molecular weight is 338 g/mol. The van der Waals surface area contributed by atoms with E-state index in [1.807, 2.05) is 6.07 Å². The molecule has 2 heterocycles. The van der Waals surface area contributed by atoms with Crippen molar-refractivity contribution in [3.8, 4) is 0 Å². The average Bonchev–Trinajstić information content (AvgIpc) is 2.87. The zero-order chi connectivity index (χ0) is 16.5. The van der Waals surface area contributed by atoms with Crippen LogP contribution in [0, 0.1) is 11.3 Å². The second-order valence-corrected chi connectivity index (χ2v) is 8.98. The summed E-state index contributed by atoms with van der Waals surface area (Å²) in [4.78, 5) is 2.56. The van der Waals surface area contributed by atoms with E-state index in [9.17, 15) is 8.42 Å². The molecule has 0 radical (unpaired) electrons. The third kappa shape index (κ3) is 3.31. The van der Waals surface area contributed by atoms with Gasteiger partial charge in [0, 0.05) is 32.8 Å². The second-order valence-electron chi connectivity index (χ2n) is 7.04. The van der Waals surface area contributed by atoms with Gasteiger partial charge in [0.1, 0.15) is 0 Å². The molecule has 5 nitrogen and oxygen atoms in total. The predicted molar refractivity (Wildman–Crippen MR) is 89.7 cm³/mol. The summed E-state index contributed by atoms with van der Waals surface area (Å²) in [6.07, 6.45) is 1.90. The van der Waals surface area contributed by atoms with Crippen LogP contribution in [-0.4, -0.2) is 64.6 Å². The van der Waals surface area contributed by atoms with Gasteiger partial charge in [0.25, 0.3) is 0 Å². The van der Waals surface area contributed by atoms with Gasteiger partial charge in [-0.3, -0.25) is 0 Å². The predicted octanol–water partition coefficient (Wildman–Crippen LogP) is 1.67. The van der Waals surface area contributed by atoms with Crippen molar-refractivity contribution in [2.45, 2.75) is 17.7 Å². The van der Waals surface area contributed by atoms with Crippen LogP contribution in [0.5, 0.6) is 0 Å². The maximum Gasteiger partial charge on any atom is 0.243 e. The molecule has 2 aliphatic heterocycles. The Morgan fingerprint density at radius 2 is 1.87 bits per heavy atom. The molecule has 0 unspecified atom stereocenters. The Balaban J connectivity index is 1.88. The highest BCUT2D eigenvalue weighted by atomic mass is 32.2. The van der Waals surface area contributed by atoms with Gasteiger partial charge >= 0.3 is 0 Å². The Kier molecular flexibility index (Phi) is 4.78. The van der Waals surface area contributed by atoms with E-state index in [1.54, 1.807) is 28.6 Å². The highest BCUT2D eigenvalue weighted by Gasteiger charge is 2.50. The number of hydrogen-bond acceptors (Lipinski definition) is 4. The minimum atomic E-state index is -3.41. The molecule has 0 aromatic heterocycles. The van der Waals surface area contributed by atoms with Crippen LogP contribution in [0.25, 0.3) is 0 Å². The summed E-state index contributed by atoms with van der Waals surface area (Å²) >= 11 is 0. The SMILES string of the molecule is CN(C)C[C@H]1CN(S(=O)(=O)c2ccccc2)CC12CCOCC2. The van der Waals surface area contributed by atoms with Crippen LogP contribution in [0.15, 0.2) is 35.2 Å². The first-order valence-corrected chi connectivity index (χ1v) is 9.66. The molecule has 3 rings (SSSR count). The van der Waals surface area contributed by atoms with Crippen LogP contribution in [0.1, 0.15) is 12.8 Å². The molecule has 1 aromatic rings. The molecule has 0 amide bonds. The molecule has 1 spiro atoms. The summed E-state index contributed by atoms with van der Waals surface area (Å²) in [6.45, 7) is 3.62. The van der Waals surface area contributed by atoms with Gasteiger partial charge < -0.3 is 9.64 Å². The van der Waals surface area contributed by atoms with Gasteiger partial charge in [-0.1, -0.05) is 18.2 Å². The number of rotatable bonds is 4. The minimum Gasteiger partial charge on any atom is -0.381 e. The number of benzene rings is 1. The van der Waals surface area contributed by atoms with E-state index >= 15 is 0 Å². The van der Waals surface area contributed by atoms with Crippen molar-refractivity contribution >= 4 is 10.0 Å². The number of hydrogen-bond donors (Lipinski definition) is 0. The molecule has 2 saturated heterocycles. The first kappa shape index (κ1) is 16.9. The highest BCUT2D eigenvalue weighted by molar-refractivity contribution is 7.89. The van der Waals surface area contributed by atoms with Crippen molar-refractivity contribution in [3.63, 3.8) is 0 Å². The fourth-order valence-electron chi connectivity index (χ4n) is 3.95. The first-order valence-electron chi connectivity index (χ1n) is 8.22. The molecular weight excluding hydrogens is 312 g/mol. The lowest BCUT2D eigenvalue weighted by Crippen LogP contribution is -2.40. The standard InChI is InChI=1S/C17H26N2O3S/c1-18(2)12-15-13-19(14-17(15)8-10-22-11-9-17)23(20,21)16-6-4-3-5-7-16/h3-7,15H,8-14H2,1-2H3/t15-/m0/s1. The summed E-state index contributed by atoms with van der Waals surface area (Å²) in [5, 5.41) is 0. The second kappa shape index (κ2) is 6.51. The van der Waals surface area contributed by atoms with Gasteiger partial charge in [-0.05, 0) is 50.4 Å². The van der Waals surface area contributed by atoms with Gasteiger partial charge in [-0.25, -0.2) is 8.42 Å². The topological polar surface area (TPSA) is 49.9 Å². The zero-order valence-electron chi connectivity index (χ0n) is 13.9. The van der Waals surface area contributed by atoms with Crippen LogP contribution in [0.3, 0.4) is 0 Å². The molecule has 128 valence electrons. The van der Waals surface area contributed by atoms with E-state index < -0.39 is 10.0 Å². The Morgan fingerprint density at radius 1 is 1.22 bits per heavy atom. The zero-order valence-corrected chi connectivity index (χ0v) is 14.8. The molecule has 1 aromatic carbocycles. The molecule has 23 heavy (non-hydrogen) atoms. The molecule has 0 aliphatic carbocycles. The number of sulfonamides is 1. The third-order valence-corrected chi connectivity index (χ3v) is 7.06. The minimum absolute atomic E-state index is 0.0599. The summed E-state index contributed by atoms with van der Waals surface area (Å²) in [5.41, 5.74) is 0.0599. The van der Waals surface area contributed by atoms with E-state index in [0.717, 1.165) is 32.6 Å². The fourth-order valence-corrected chi connectivity index (χ4v) is 5.55. The van der Waals surface area contributed by atoms with Gasteiger partial charge in [-0.15, -0.1) is 0 Å². The quantitative estimate of drug-likeness (QED) is 0.838. The van der Waals surface area contributed by atoms with Crippen LogP contribution < -0.4 is 0 Å². The molecule has 6 heteroatoms. The van der Waals surface area contributed by atoms with Gasteiger partial charge in [0.05, 0.1) is 4.90 Å². The number of ether oxygens (including phenoxy) is 1. The van der Waals surface area contributed by atoms with Crippen molar-refractivity contribution in [2.24, 2.45) is 11.3 Å². The van der Waals surface area contributed by atoms with E-state index in [-0.39, 0.29) is 5.41 Å². The van der Waals surface area contributed by atoms with E-state index in [1.165, 1.54) is 0 Å². The monoisotopic (exact) mass is 338 g/mol. The fraction of sp³-hybridized carbons (Fsp3) is 0.647. The molecule has 2 aliphatic rings. The molecule has 0 N–H and O–H groups in total. The lowest BCUT2D eigenvalue weighted by Gasteiger charge is -2.39. The van der Waals surface area contributed by atoms with Crippen LogP contribution >= 0.6 is 0 Å². The van der Waals surface area contributed by atoms with E-state index in [0.29, 0.717) is 23.9 Å². The summed E-state index contributed by atoms with van der Waals surface area (Å²) < 4.78 is 33.2. The van der Waals surface area contributed by atoms with E-state index in [4.69, 9.17) is 4.74 Å². The van der Waals surface area contributed by atoms with Crippen LogP contribution in [0.2, 0.25) is 0 Å². The largest absolute Gasteiger partial charge is 0.381 e. The van der Waals surface area contributed by atoms with Crippen molar-refractivity contribution in [1.29, 1.82) is 0 Å². The molecule has 0 saturated carbocycles. The van der Waals surface area contributed by atoms with Crippen molar-refractivity contribution in [3.05, 3.63) is 30.3 Å². The Labute approximate surface area is 139 Å². The van der Waals surface area contributed by atoms with Gasteiger partial charge in [0.15, 0.2) is 0 Å². The maximum atomic E-state index is 13.0. The highest BCUT2D eigenvalue weighted by Crippen LogP contribution is 2.45. The molecule has 0 bridgehead atoms. The van der Waals surface area contributed by atoms with Gasteiger partial charge in [0.2, 0.25) is 10.0 Å². The summed E-state index contributed by atoms with van der Waals surface area (Å²) in [6, 6.07) is 8.78. The molecule has 1 atom stereocenters. The van der Waals surface area contributed by atoms with Crippen LogP contribution in [-0.2, 0) is 14.8 Å². The smallest absolute Gasteiger partial charge is 0.243 e. The first-order chi connectivity index (χ1) is 10.9. The normalized spacial score (nSPS) is 25.3. The lowest BCUT2D eigenvalue weighted by molar-refractivity contribution is -0.00333. The van der Waals surface area contributed by atoms with E-state index in [2.05, 4.69) is 19.0 Å². The Hall–Kier alpha value is -0.950. The summed E-state index contributed by atoms with van der Waals surface area (Å²) in [7, 11) is 0.705. The van der Waals surface area contributed by atoms with Crippen molar-refractivity contribution in [1.82, 2.24) is 9.21 Å². The third-order valence-electron chi connectivity index (χ3n) is 5.24. The van der Waals surface area contributed by atoms with Crippen molar-refractivity contribution in [2.75, 3.05) is 46.9 Å². The molecular formula is C17H26N2O3S. The number of nitrogens with zero attached hydrogens (tertiary/aromatic N) is 2. The Bertz CT molecular complexity index is 624. The van der Waals surface area contributed by atoms with Crippen LogP contribution in [0.4, 0.5) is 0 Å². The maximum absolute atomic E-state index is 13.0. The van der Waals surface area contributed by atoms with Gasteiger partial charge in [-0.2, -0.15) is 4.31 Å². The lowest BCUT2D eigenvalue weighted by atomic mass is 9.72. The summed E-state index contributed by atoms with van der Waals surface area (Å²) in [5.74, 6) is 0.361.